The number of anilines is 1. The maximum Gasteiger partial charge on any atom is 0.330 e. The summed E-state index contributed by atoms with van der Waals surface area (Å²) in [6.45, 7) is 4.13. The first-order chi connectivity index (χ1) is 15.3. The lowest BCUT2D eigenvalue weighted by atomic mass is 10.1. The Morgan fingerprint density at radius 3 is 2.75 bits per heavy atom. The number of carbonyl (C=O) groups excluding carboxylic acids is 2. The lowest BCUT2D eigenvalue weighted by Crippen LogP contribution is -2.58. The number of ether oxygens (including phenoxy) is 1. The Morgan fingerprint density at radius 1 is 1.25 bits per heavy atom. The summed E-state index contributed by atoms with van der Waals surface area (Å²) in [5.41, 5.74) is 0.442. The van der Waals surface area contributed by atoms with Gasteiger partial charge in [-0.3, -0.25) is 4.79 Å². The fourth-order valence-corrected chi connectivity index (χ4v) is 4.67. The Bertz CT molecular complexity index is 1210. The molecule has 0 spiro atoms. The van der Waals surface area contributed by atoms with Gasteiger partial charge in [0.15, 0.2) is 11.6 Å². The molecule has 1 aromatic carbocycles. The van der Waals surface area contributed by atoms with Gasteiger partial charge in [-0.15, -0.1) is 11.3 Å². The number of aromatic nitrogens is 2. The van der Waals surface area contributed by atoms with E-state index in [4.69, 9.17) is 16.3 Å². The van der Waals surface area contributed by atoms with Crippen LogP contribution in [0, 0.1) is 11.6 Å². The molecule has 2 aromatic heterocycles. The summed E-state index contributed by atoms with van der Waals surface area (Å²) in [4.78, 5) is 36.8. The summed E-state index contributed by atoms with van der Waals surface area (Å²) in [6, 6.07) is 2.80. The molecule has 0 saturated carbocycles. The molecule has 1 atom stereocenters. The van der Waals surface area contributed by atoms with Gasteiger partial charge in [0, 0.05) is 20.0 Å². The van der Waals surface area contributed by atoms with E-state index in [2.05, 4.69) is 9.97 Å². The van der Waals surface area contributed by atoms with Crippen molar-refractivity contribution in [2.75, 3.05) is 31.1 Å². The molecule has 0 radical (unpaired) electrons. The van der Waals surface area contributed by atoms with Gasteiger partial charge in [0.2, 0.25) is 5.91 Å². The summed E-state index contributed by atoms with van der Waals surface area (Å²) in [6.07, 6.45) is 0. The predicted molar refractivity (Wildman–Crippen MR) is 118 cm³/mol. The van der Waals surface area contributed by atoms with Gasteiger partial charge in [0.25, 0.3) is 0 Å². The topological polar surface area (TPSA) is 75.6 Å². The van der Waals surface area contributed by atoms with Crippen LogP contribution in [0.15, 0.2) is 23.6 Å². The van der Waals surface area contributed by atoms with Crippen molar-refractivity contribution in [3.8, 4) is 11.4 Å². The minimum atomic E-state index is -0.806. The van der Waals surface area contributed by atoms with E-state index in [1.807, 2.05) is 10.3 Å². The Hall–Kier alpha value is -2.85. The third-order valence-electron chi connectivity index (χ3n) is 5.18. The van der Waals surface area contributed by atoms with Crippen molar-refractivity contribution in [2.45, 2.75) is 19.9 Å². The average molecular weight is 481 g/mol. The van der Waals surface area contributed by atoms with Crippen LogP contribution >= 0.6 is 22.9 Å². The van der Waals surface area contributed by atoms with E-state index in [1.54, 1.807) is 13.0 Å². The summed E-state index contributed by atoms with van der Waals surface area (Å²) < 4.78 is 34.5. The molecule has 1 aliphatic rings. The summed E-state index contributed by atoms with van der Waals surface area (Å²) in [5.74, 6) is -1.78. The summed E-state index contributed by atoms with van der Waals surface area (Å²) in [7, 11) is 0. The summed E-state index contributed by atoms with van der Waals surface area (Å²) >= 11 is 7.07. The molecule has 3 aromatic rings. The highest BCUT2D eigenvalue weighted by Crippen LogP contribution is 2.34. The fourth-order valence-electron chi connectivity index (χ4n) is 3.67. The number of rotatable bonds is 4. The Kier molecular flexibility index (Phi) is 6.25. The van der Waals surface area contributed by atoms with Crippen molar-refractivity contribution in [1.82, 2.24) is 14.9 Å². The van der Waals surface area contributed by atoms with Crippen LogP contribution in [-0.4, -0.2) is 59.0 Å². The van der Waals surface area contributed by atoms with Crippen molar-refractivity contribution in [3.63, 3.8) is 0 Å². The van der Waals surface area contributed by atoms with Crippen molar-refractivity contribution < 1.29 is 23.1 Å². The fraction of sp³-hybridized carbons (Fsp3) is 0.333. The zero-order valence-corrected chi connectivity index (χ0v) is 18.8. The van der Waals surface area contributed by atoms with Gasteiger partial charge in [0.05, 0.1) is 34.0 Å². The second-order valence-electron chi connectivity index (χ2n) is 7.18. The smallest absolute Gasteiger partial charge is 0.330 e. The van der Waals surface area contributed by atoms with Crippen LogP contribution in [0.4, 0.5) is 14.6 Å². The zero-order valence-electron chi connectivity index (χ0n) is 17.3. The Labute approximate surface area is 191 Å². The molecule has 7 nitrogen and oxygen atoms in total. The molecule has 0 N–H and O–H groups in total. The molecular weight excluding hydrogens is 462 g/mol. The number of esters is 1. The maximum absolute atomic E-state index is 14.6. The number of nitrogens with zero attached hydrogens (tertiary/aromatic N) is 4. The van der Waals surface area contributed by atoms with Crippen LogP contribution in [0.1, 0.15) is 13.8 Å². The van der Waals surface area contributed by atoms with Gasteiger partial charge in [0.1, 0.15) is 17.7 Å². The van der Waals surface area contributed by atoms with Crippen LogP contribution in [0.3, 0.4) is 0 Å². The number of thiophene rings is 1. The molecule has 1 saturated heterocycles. The first-order valence-electron chi connectivity index (χ1n) is 9.89. The lowest BCUT2D eigenvalue weighted by molar-refractivity contribution is -0.154. The zero-order chi connectivity index (χ0) is 23.0. The van der Waals surface area contributed by atoms with Gasteiger partial charge in [-0.2, -0.15) is 0 Å². The standard InChI is InChI=1S/C21H19ClF2N4O3S/c1-3-31-21(30)17-10-27(5-6-28(17)11(2)29)20-18-16(4-7-32-18)25-19(26-20)12-8-15(24)13(22)9-14(12)23/h4,7-9,17H,3,5-6,10H2,1-2H3. The van der Waals surface area contributed by atoms with Crippen LogP contribution in [0.2, 0.25) is 5.02 Å². The van der Waals surface area contributed by atoms with E-state index in [1.165, 1.54) is 23.2 Å². The van der Waals surface area contributed by atoms with E-state index in [9.17, 15) is 18.4 Å². The lowest BCUT2D eigenvalue weighted by Gasteiger charge is -2.40. The molecule has 32 heavy (non-hydrogen) atoms. The quantitative estimate of drug-likeness (QED) is 0.416. The van der Waals surface area contributed by atoms with Crippen molar-refractivity contribution in [1.29, 1.82) is 0 Å². The van der Waals surface area contributed by atoms with Crippen molar-refractivity contribution >= 4 is 50.8 Å². The number of piperazine rings is 1. The van der Waals surface area contributed by atoms with Gasteiger partial charge in [-0.25, -0.2) is 23.5 Å². The van der Waals surface area contributed by atoms with Crippen LogP contribution in [0.5, 0.6) is 0 Å². The van der Waals surface area contributed by atoms with E-state index >= 15 is 0 Å². The van der Waals surface area contributed by atoms with E-state index in [0.29, 0.717) is 17.9 Å². The SMILES string of the molecule is CCOC(=O)C1CN(c2nc(-c3cc(F)c(Cl)cc3F)nc3ccsc23)CCN1C(C)=O. The Morgan fingerprint density at radius 2 is 2.03 bits per heavy atom. The molecule has 1 unspecified atom stereocenters. The minimum absolute atomic E-state index is 0.000601. The van der Waals surface area contributed by atoms with E-state index in [-0.39, 0.29) is 42.0 Å². The van der Waals surface area contributed by atoms with Gasteiger partial charge in [-0.1, -0.05) is 11.6 Å². The minimum Gasteiger partial charge on any atom is -0.464 e. The molecule has 0 bridgehead atoms. The first-order valence-corrected chi connectivity index (χ1v) is 11.1. The van der Waals surface area contributed by atoms with Crippen molar-refractivity contribution in [3.05, 3.63) is 40.2 Å². The number of amides is 1. The second-order valence-corrected chi connectivity index (χ2v) is 8.50. The van der Waals surface area contributed by atoms with Gasteiger partial charge >= 0.3 is 5.97 Å². The highest BCUT2D eigenvalue weighted by Gasteiger charge is 2.36. The highest BCUT2D eigenvalue weighted by atomic mass is 35.5. The molecule has 1 aliphatic heterocycles. The predicted octanol–water partition coefficient (Wildman–Crippen LogP) is 3.89. The maximum atomic E-state index is 14.6. The normalized spacial score (nSPS) is 16.5. The molecule has 1 fully saturated rings. The molecule has 1 amide bonds. The molecule has 11 heteroatoms. The highest BCUT2D eigenvalue weighted by molar-refractivity contribution is 7.17. The van der Waals surface area contributed by atoms with Crippen LogP contribution in [-0.2, 0) is 14.3 Å². The van der Waals surface area contributed by atoms with Crippen molar-refractivity contribution in [2.24, 2.45) is 0 Å². The molecule has 0 aliphatic carbocycles. The molecule has 168 valence electrons. The first kappa shape index (κ1) is 22.3. The van der Waals surface area contributed by atoms with Gasteiger partial charge in [-0.05, 0) is 30.5 Å². The summed E-state index contributed by atoms with van der Waals surface area (Å²) in [5, 5.41) is 1.49. The van der Waals surface area contributed by atoms with Crippen LogP contribution in [0.25, 0.3) is 21.6 Å². The second kappa shape index (κ2) is 8.95. The largest absolute Gasteiger partial charge is 0.464 e. The van der Waals surface area contributed by atoms with Crippen LogP contribution < -0.4 is 4.90 Å². The van der Waals surface area contributed by atoms with E-state index < -0.39 is 23.6 Å². The average Bonchev–Trinajstić information content (AvgIpc) is 3.24. The monoisotopic (exact) mass is 480 g/mol. The number of benzene rings is 1. The third kappa shape index (κ3) is 4.12. The Balaban J connectivity index is 1.77. The number of fused-ring (bicyclic) bond motifs is 1. The molecule has 3 heterocycles. The van der Waals surface area contributed by atoms with Gasteiger partial charge < -0.3 is 14.5 Å². The molecular formula is C21H19ClF2N4O3S. The van der Waals surface area contributed by atoms with E-state index in [0.717, 1.165) is 16.8 Å². The number of hydrogen-bond acceptors (Lipinski definition) is 7. The third-order valence-corrected chi connectivity index (χ3v) is 6.37. The number of carbonyl (C=O) groups is 2. The number of hydrogen-bond donors (Lipinski definition) is 0. The number of halogens is 3. The molecule has 4 rings (SSSR count).